The lowest BCUT2D eigenvalue weighted by molar-refractivity contribution is 0.419. The van der Waals surface area contributed by atoms with Crippen LogP contribution in [0.15, 0.2) is 194 Å². The van der Waals surface area contributed by atoms with E-state index < -0.39 is 0 Å². The lowest BCUT2D eigenvalue weighted by atomic mass is 9.95. The van der Waals surface area contributed by atoms with Crippen LogP contribution in [0.2, 0.25) is 0 Å². The van der Waals surface area contributed by atoms with Crippen LogP contribution in [-0.2, 0) is 0 Å². The molecule has 0 unspecified atom stereocenters. The summed E-state index contributed by atoms with van der Waals surface area (Å²) in [6, 6.07) is 68.5. The quantitative estimate of drug-likeness (QED) is 0.122. The van der Waals surface area contributed by atoms with Gasteiger partial charge in [0.05, 0.1) is 28.4 Å². The molecule has 8 bridgehead atoms. The van der Waals surface area contributed by atoms with Crippen LogP contribution in [0, 0.1) is 0 Å². The molecule has 8 aromatic carbocycles. The minimum Gasteiger partial charge on any atom is -0.496 e. The number of ether oxygens (including phenoxy) is 4. The zero-order chi connectivity index (χ0) is 48.5. The summed E-state index contributed by atoms with van der Waals surface area (Å²) in [5.41, 5.74) is 12.0. The fourth-order valence-electron chi connectivity index (χ4n) is 11.2. The normalized spacial score (nSPS) is 12.6. The number of methoxy groups -OCH3 is 4. The Labute approximate surface area is 414 Å². The molecule has 12 aromatic rings. The summed E-state index contributed by atoms with van der Waals surface area (Å²) in [7, 11) is 6.92. The van der Waals surface area contributed by atoms with Gasteiger partial charge in [-0.2, -0.15) is 0 Å². The molecule has 13 rings (SSSR count). The second-order valence-electron chi connectivity index (χ2n) is 18.1. The van der Waals surface area contributed by atoms with E-state index in [1.165, 1.54) is 0 Å². The molecule has 0 radical (unpaired) electrons. The van der Waals surface area contributed by atoms with Gasteiger partial charge >= 0.3 is 0 Å². The van der Waals surface area contributed by atoms with Gasteiger partial charge in [-0.15, -0.1) is 0 Å². The third-order valence-corrected chi connectivity index (χ3v) is 14.4. The number of fused-ring (bicyclic) bond motifs is 12. The molecule has 0 saturated carbocycles. The van der Waals surface area contributed by atoms with Crippen molar-refractivity contribution >= 4 is 65.4 Å². The summed E-state index contributed by atoms with van der Waals surface area (Å²) >= 11 is 0. The lowest BCUT2D eigenvalue weighted by Gasteiger charge is -2.15. The van der Waals surface area contributed by atoms with Crippen LogP contribution in [0.1, 0.15) is 45.0 Å². The monoisotopic (exact) mass is 936 g/mol. The van der Waals surface area contributed by atoms with Gasteiger partial charge < -0.3 is 38.9 Å². The van der Waals surface area contributed by atoms with Crippen LogP contribution >= 0.6 is 0 Å². The number of benzene rings is 8. The molecule has 5 heterocycles. The molecule has 8 nitrogen and oxygen atoms in total. The molecule has 1 aliphatic rings. The minimum atomic E-state index is 0.815. The maximum atomic E-state index is 5.95. The van der Waals surface area contributed by atoms with Gasteiger partial charge in [0.25, 0.3) is 0 Å². The third-order valence-electron chi connectivity index (χ3n) is 14.4. The summed E-state index contributed by atoms with van der Waals surface area (Å²) in [6.45, 7) is 0. The van der Waals surface area contributed by atoms with Gasteiger partial charge in [0.2, 0.25) is 0 Å². The van der Waals surface area contributed by atoms with E-state index in [2.05, 4.69) is 214 Å². The predicted octanol–water partition coefficient (Wildman–Crippen LogP) is 10.9. The van der Waals surface area contributed by atoms with Gasteiger partial charge in [-0.3, -0.25) is 0 Å². The number of aromatic nitrogens is 4. The molecule has 8 heteroatoms. The predicted molar refractivity (Wildman–Crippen MR) is 290 cm³/mol. The first-order chi connectivity index (χ1) is 35.5. The molecular formula is C64H48N4O4. The molecular weight excluding hydrogens is 889 g/mol. The molecule has 0 spiro atoms. The van der Waals surface area contributed by atoms with Crippen molar-refractivity contribution in [2.75, 3.05) is 28.4 Å². The molecule has 0 aliphatic carbocycles. The van der Waals surface area contributed by atoms with E-state index in [9.17, 15) is 0 Å². The van der Waals surface area contributed by atoms with Gasteiger partial charge in [0, 0.05) is 88.0 Å². The van der Waals surface area contributed by atoms with Crippen LogP contribution in [0.5, 0.6) is 23.0 Å². The number of aromatic amines is 4. The number of H-pyrrole nitrogens is 4. The molecule has 0 amide bonds. The summed E-state index contributed by atoms with van der Waals surface area (Å²) < 4.78 is 23.8. The van der Waals surface area contributed by atoms with Gasteiger partial charge in [-0.1, -0.05) is 97.1 Å². The molecule has 1 aliphatic heterocycles. The number of hydrogen-bond acceptors (Lipinski definition) is 4. The van der Waals surface area contributed by atoms with Crippen molar-refractivity contribution in [3.05, 3.63) is 261 Å². The molecule has 0 fully saturated rings. The third kappa shape index (κ3) is 6.75. The average molecular weight is 937 g/mol. The Bertz CT molecular complexity index is 3860. The van der Waals surface area contributed by atoms with E-state index in [-0.39, 0.29) is 0 Å². The maximum absolute atomic E-state index is 5.95. The van der Waals surface area contributed by atoms with E-state index >= 15 is 0 Å². The zero-order valence-electron chi connectivity index (χ0n) is 40.1. The first kappa shape index (κ1) is 42.7. The second-order valence-corrected chi connectivity index (χ2v) is 18.1. The Morgan fingerprint density at radius 1 is 0.222 bits per heavy atom. The topological polar surface area (TPSA) is 100 Å². The van der Waals surface area contributed by atoms with Crippen LogP contribution in [0.4, 0.5) is 0 Å². The SMILES string of the molecule is COc1ccc(C2=c3ccc([nH]3)=C(c3ccc(OC)c4ccccc34)c3ccc([nH]3)C(c3ccc(OC)c4ccccc34)=c3ccc([nH]3)=C(c3ccc(OC)c4ccccc34)c3ccc2[nH]3)c2ccccc12. The first-order valence-electron chi connectivity index (χ1n) is 24.0. The Hall–Kier alpha value is -9.40. The summed E-state index contributed by atoms with van der Waals surface area (Å²) in [4.78, 5) is 16.1. The van der Waals surface area contributed by atoms with E-state index in [1.54, 1.807) is 28.4 Å². The van der Waals surface area contributed by atoms with Crippen LogP contribution in [-0.4, -0.2) is 48.4 Å². The summed E-state index contributed by atoms with van der Waals surface area (Å²) in [5.74, 6) is 3.26. The Morgan fingerprint density at radius 2 is 0.444 bits per heavy atom. The van der Waals surface area contributed by atoms with E-state index in [0.717, 1.165) is 155 Å². The van der Waals surface area contributed by atoms with E-state index in [0.29, 0.717) is 0 Å². The second kappa shape index (κ2) is 17.2. The fraction of sp³-hybridized carbons (Fsp3) is 0.0625. The largest absolute Gasteiger partial charge is 0.496 e. The number of nitrogens with one attached hydrogen (secondary N) is 4. The molecule has 348 valence electrons. The molecule has 4 N–H and O–H groups in total. The van der Waals surface area contributed by atoms with E-state index in [4.69, 9.17) is 18.9 Å². The van der Waals surface area contributed by atoms with Crippen molar-refractivity contribution in [3.8, 4) is 23.0 Å². The molecule has 72 heavy (non-hydrogen) atoms. The van der Waals surface area contributed by atoms with Crippen molar-refractivity contribution < 1.29 is 18.9 Å². The highest BCUT2D eigenvalue weighted by molar-refractivity contribution is 6.04. The Balaban J connectivity index is 1.21. The number of hydrogen-bond donors (Lipinski definition) is 4. The Morgan fingerprint density at radius 3 is 0.667 bits per heavy atom. The van der Waals surface area contributed by atoms with Crippen molar-refractivity contribution in [1.29, 1.82) is 0 Å². The average Bonchev–Trinajstić information content (AvgIpc) is 4.30. The highest BCUT2D eigenvalue weighted by atomic mass is 16.5. The van der Waals surface area contributed by atoms with E-state index in [1.807, 2.05) is 0 Å². The maximum Gasteiger partial charge on any atom is 0.126 e. The van der Waals surface area contributed by atoms with Crippen LogP contribution < -0.4 is 40.3 Å². The first-order valence-corrected chi connectivity index (χ1v) is 24.0. The van der Waals surface area contributed by atoms with Crippen molar-refractivity contribution in [2.45, 2.75) is 0 Å². The van der Waals surface area contributed by atoms with Crippen LogP contribution in [0.25, 0.3) is 65.4 Å². The highest BCUT2D eigenvalue weighted by Crippen LogP contribution is 2.39. The standard InChI is InChI=1S/C64H48N4O4/c1-69-57-33-21-45(37-13-5-9-17-41(37)57)61-49-25-27-51(65-49)62(46-22-34-58(70-2)42-18-10-6-14-38(42)46)53-29-31-55(67-53)64(48-24-36-60(72-4)44-20-12-8-16-40(44)48)56-32-30-54(68-56)63(52-28-26-50(61)66-52)47-23-35-59(71-3)43-19-11-7-15-39(43)47/h5-36,65-68H,1-4H3. The van der Waals surface area contributed by atoms with Gasteiger partial charge in [-0.05, 0) is 141 Å². The van der Waals surface area contributed by atoms with Crippen molar-refractivity contribution in [2.24, 2.45) is 0 Å². The summed E-state index contributed by atoms with van der Waals surface area (Å²) in [6.07, 6.45) is 0. The summed E-state index contributed by atoms with van der Waals surface area (Å²) in [5, 5.41) is 12.2. The fourth-order valence-corrected chi connectivity index (χ4v) is 11.2. The zero-order valence-corrected chi connectivity index (χ0v) is 40.1. The lowest BCUT2D eigenvalue weighted by Crippen LogP contribution is -2.19. The molecule has 4 aromatic heterocycles. The van der Waals surface area contributed by atoms with Gasteiger partial charge in [0.1, 0.15) is 23.0 Å². The highest BCUT2D eigenvalue weighted by Gasteiger charge is 2.23. The molecule has 0 saturated heterocycles. The van der Waals surface area contributed by atoms with Crippen molar-refractivity contribution in [1.82, 2.24) is 19.9 Å². The van der Waals surface area contributed by atoms with Crippen LogP contribution in [0.3, 0.4) is 0 Å². The molecule has 0 atom stereocenters. The Kier molecular flexibility index (Phi) is 10.2. The van der Waals surface area contributed by atoms with Crippen molar-refractivity contribution in [3.63, 3.8) is 0 Å². The smallest absolute Gasteiger partial charge is 0.126 e. The van der Waals surface area contributed by atoms with Gasteiger partial charge in [0.15, 0.2) is 0 Å². The number of rotatable bonds is 8. The van der Waals surface area contributed by atoms with Gasteiger partial charge in [-0.25, -0.2) is 0 Å². The minimum absolute atomic E-state index is 0.815.